The van der Waals surface area contributed by atoms with Crippen LogP contribution in [-0.2, 0) is 19.6 Å². The Balaban J connectivity index is 1.55. The minimum Gasteiger partial charge on any atom is -0.337 e. The second-order valence-electron chi connectivity index (χ2n) is 7.57. The third-order valence-corrected chi connectivity index (χ3v) is 5.92. The third-order valence-electron chi connectivity index (χ3n) is 5.43. The molecule has 0 unspecified atom stereocenters. The lowest BCUT2D eigenvalue weighted by Gasteiger charge is -2.24. The number of nitrogens with zero attached hydrogens (tertiary/aromatic N) is 3. The summed E-state index contributed by atoms with van der Waals surface area (Å²) in [6, 6.07) is 21.9. The number of hydrogen-bond acceptors (Lipinski definition) is 2. The maximum Gasteiger partial charge on any atom is 0.0945 e. The molecule has 0 bridgehead atoms. The van der Waals surface area contributed by atoms with Crippen LogP contribution in [0.4, 0.5) is 0 Å². The van der Waals surface area contributed by atoms with E-state index in [0.717, 1.165) is 37.1 Å². The molecule has 0 radical (unpaired) electrons. The zero-order valence-corrected chi connectivity index (χ0v) is 18.3. The zero-order chi connectivity index (χ0) is 20.1. The van der Waals surface area contributed by atoms with E-state index in [1.54, 1.807) is 0 Å². The van der Waals surface area contributed by atoms with Crippen LogP contribution in [0.3, 0.4) is 0 Å². The van der Waals surface area contributed by atoms with Gasteiger partial charge in [0.15, 0.2) is 0 Å². The Morgan fingerprint density at radius 1 is 0.966 bits per heavy atom. The average molecular weight is 448 g/mol. The molecule has 1 aromatic heterocycles. The van der Waals surface area contributed by atoms with Gasteiger partial charge in [0.1, 0.15) is 0 Å². The summed E-state index contributed by atoms with van der Waals surface area (Å²) in [7, 11) is 0. The Morgan fingerprint density at radius 2 is 1.79 bits per heavy atom. The predicted molar refractivity (Wildman–Crippen MR) is 124 cm³/mol. The minimum absolute atomic E-state index is 0.942. The quantitative estimate of drug-likeness (QED) is 0.320. The van der Waals surface area contributed by atoms with Crippen molar-refractivity contribution in [1.82, 2.24) is 14.5 Å². The van der Waals surface area contributed by atoms with Crippen molar-refractivity contribution < 1.29 is 0 Å². The maximum atomic E-state index is 4.16. The summed E-state index contributed by atoms with van der Waals surface area (Å²) in [4.78, 5) is 6.72. The molecule has 0 saturated heterocycles. The summed E-state index contributed by atoms with van der Waals surface area (Å²) in [6.45, 7) is 6.11. The highest BCUT2D eigenvalue weighted by atomic mass is 79.9. The standard InChI is InChI=1S/C25H26BrN3/c1-20-10-11-24(26)16-23(20)18-29(14-5-13-28-15-12-27-19-28)17-22-8-4-7-21-6-2-3-9-25(21)22/h2-4,6-12,15-16,19H,5,13-14,17-18H2,1H3. The lowest BCUT2D eigenvalue weighted by Crippen LogP contribution is -2.25. The second kappa shape index (κ2) is 9.38. The van der Waals surface area contributed by atoms with Crippen LogP contribution in [0.2, 0.25) is 0 Å². The fourth-order valence-corrected chi connectivity index (χ4v) is 4.24. The van der Waals surface area contributed by atoms with Gasteiger partial charge >= 0.3 is 0 Å². The largest absolute Gasteiger partial charge is 0.337 e. The fraction of sp³-hybridized carbons (Fsp3) is 0.240. The van der Waals surface area contributed by atoms with Crippen LogP contribution in [0.5, 0.6) is 0 Å². The van der Waals surface area contributed by atoms with Crippen molar-refractivity contribution in [3.8, 4) is 0 Å². The Kier molecular flexibility index (Phi) is 6.43. The molecule has 4 heteroatoms. The van der Waals surface area contributed by atoms with Crippen molar-refractivity contribution in [2.45, 2.75) is 33.0 Å². The molecule has 0 spiro atoms. The van der Waals surface area contributed by atoms with Crippen LogP contribution in [0.15, 0.2) is 83.9 Å². The third kappa shape index (κ3) is 5.14. The molecule has 148 valence electrons. The van der Waals surface area contributed by atoms with Gasteiger partial charge < -0.3 is 4.57 Å². The summed E-state index contributed by atoms with van der Waals surface area (Å²) in [5.41, 5.74) is 4.10. The van der Waals surface area contributed by atoms with Crippen molar-refractivity contribution in [3.63, 3.8) is 0 Å². The Bertz CT molecular complexity index is 1070. The SMILES string of the molecule is Cc1ccc(Br)cc1CN(CCCn1ccnc1)Cc1cccc2ccccc12. The van der Waals surface area contributed by atoms with Gasteiger partial charge in [0, 0.05) is 43.0 Å². The molecule has 3 nitrogen and oxygen atoms in total. The van der Waals surface area contributed by atoms with Gasteiger partial charge in [-0.15, -0.1) is 0 Å². The van der Waals surface area contributed by atoms with E-state index < -0.39 is 0 Å². The average Bonchev–Trinajstić information content (AvgIpc) is 3.24. The maximum absolute atomic E-state index is 4.16. The Morgan fingerprint density at radius 3 is 2.66 bits per heavy atom. The van der Waals surface area contributed by atoms with Gasteiger partial charge in [-0.05, 0) is 52.9 Å². The number of aryl methyl sites for hydroxylation is 2. The van der Waals surface area contributed by atoms with E-state index in [4.69, 9.17) is 0 Å². The molecule has 0 atom stereocenters. The molecule has 0 aliphatic rings. The van der Waals surface area contributed by atoms with Gasteiger partial charge in [0.25, 0.3) is 0 Å². The first-order chi connectivity index (χ1) is 14.2. The number of aromatic nitrogens is 2. The molecule has 4 rings (SSSR count). The molecule has 0 fully saturated rings. The Hall–Kier alpha value is -2.43. The lowest BCUT2D eigenvalue weighted by molar-refractivity contribution is 0.249. The number of fused-ring (bicyclic) bond motifs is 1. The molecular formula is C25H26BrN3. The van der Waals surface area contributed by atoms with Crippen molar-refractivity contribution in [2.75, 3.05) is 6.54 Å². The second-order valence-corrected chi connectivity index (χ2v) is 8.49. The van der Waals surface area contributed by atoms with Gasteiger partial charge in [-0.25, -0.2) is 4.98 Å². The molecule has 29 heavy (non-hydrogen) atoms. The van der Waals surface area contributed by atoms with Gasteiger partial charge in [-0.1, -0.05) is 64.5 Å². The monoisotopic (exact) mass is 447 g/mol. The van der Waals surface area contributed by atoms with Gasteiger partial charge in [0.05, 0.1) is 6.33 Å². The van der Waals surface area contributed by atoms with Crippen LogP contribution < -0.4 is 0 Å². The molecule has 0 N–H and O–H groups in total. The topological polar surface area (TPSA) is 21.1 Å². The highest BCUT2D eigenvalue weighted by Crippen LogP contribution is 2.23. The first kappa shape index (κ1) is 19.9. The number of benzene rings is 3. The van der Waals surface area contributed by atoms with Crippen molar-refractivity contribution >= 4 is 26.7 Å². The summed E-state index contributed by atoms with van der Waals surface area (Å²) < 4.78 is 3.29. The highest BCUT2D eigenvalue weighted by molar-refractivity contribution is 9.10. The van der Waals surface area contributed by atoms with Crippen LogP contribution >= 0.6 is 15.9 Å². The normalized spacial score (nSPS) is 11.4. The smallest absolute Gasteiger partial charge is 0.0945 e. The predicted octanol–water partition coefficient (Wildman–Crippen LogP) is 6.20. The van der Waals surface area contributed by atoms with Crippen LogP contribution in [0, 0.1) is 6.92 Å². The van der Waals surface area contributed by atoms with E-state index in [1.165, 1.54) is 27.5 Å². The van der Waals surface area contributed by atoms with Crippen LogP contribution in [0.25, 0.3) is 10.8 Å². The number of hydrogen-bond donors (Lipinski definition) is 0. The molecule has 0 aliphatic heterocycles. The molecule has 0 amide bonds. The molecule has 3 aromatic carbocycles. The van der Waals surface area contributed by atoms with Gasteiger partial charge in [-0.2, -0.15) is 0 Å². The molecule has 4 aromatic rings. The summed E-state index contributed by atoms with van der Waals surface area (Å²) in [6.07, 6.45) is 6.87. The van der Waals surface area contributed by atoms with Crippen molar-refractivity contribution in [3.05, 3.63) is 101 Å². The van der Waals surface area contributed by atoms with E-state index in [0.29, 0.717) is 0 Å². The summed E-state index contributed by atoms with van der Waals surface area (Å²) in [5.74, 6) is 0. The van der Waals surface area contributed by atoms with E-state index in [2.05, 4.69) is 98.0 Å². The highest BCUT2D eigenvalue weighted by Gasteiger charge is 2.11. The summed E-state index contributed by atoms with van der Waals surface area (Å²) >= 11 is 3.64. The molecular weight excluding hydrogens is 422 g/mol. The van der Waals surface area contributed by atoms with Crippen molar-refractivity contribution in [2.24, 2.45) is 0 Å². The fourth-order valence-electron chi connectivity index (χ4n) is 3.83. The lowest BCUT2D eigenvalue weighted by atomic mass is 10.0. The van der Waals surface area contributed by atoms with E-state index >= 15 is 0 Å². The van der Waals surface area contributed by atoms with Gasteiger partial charge in [-0.3, -0.25) is 4.90 Å². The van der Waals surface area contributed by atoms with E-state index in [-0.39, 0.29) is 0 Å². The zero-order valence-electron chi connectivity index (χ0n) is 16.8. The Labute approximate surface area is 181 Å². The summed E-state index contributed by atoms with van der Waals surface area (Å²) in [5, 5.41) is 2.66. The molecule has 1 heterocycles. The minimum atomic E-state index is 0.942. The van der Waals surface area contributed by atoms with Crippen molar-refractivity contribution in [1.29, 1.82) is 0 Å². The number of imidazole rings is 1. The van der Waals surface area contributed by atoms with E-state index in [9.17, 15) is 0 Å². The van der Waals surface area contributed by atoms with E-state index in [1.807, 2.05) is 18.7 Å². The number of halogens is 1. The van der Waals surface area contributed by atoms with Gasteiger partial charge in [0.2, 0.25) is 0 Å². The molecule has 0 saturated carbocycles. The first-order valence-corrected chi connectivity index (χ1v) is 10.9. The van der Waals surface area contributed by atoms with Crippen LogP contribution in [-0.4, -0.2) is 21.0 Å². The first-order valence-electron chi connectivity index (χ1n) is 10.1. The molecule has 0 aliphatic carbocycles. The van der Waals surface area contributed by atoms with Crippen LogP contribution in [0.1, 0.15) is 23.1 Å². The number of rotatable bonds is 8.